The third-order valence-corrected chi connectivity index (χ3v) is 5.60. The van der Waals surface area contributed by atoms with Crippen LogP contribution < -0.4 is 0 Å². The van der Waals surface area contributed by atoms with Crippen LogP contribution in [0.5, 0.6) is 0 Å². The number of ether oxygens (including phenoxy) is 3. The summed E-state index contributed by atoms with van der Waals surface area (Å²) >= 11 is 11.7. The van der Waals surface area contributed by atoms with Crippen molar-refractivity contribution in [1.82, 2.24) is 0 Å². The topological polar surface area (TPSA) is 78.9 Å². The van der Waals surface area contributed by atoms with Crippen LogP contribution >= 0.6 is 23.2 Å². The lowest BCUT2D eigenvalue weighted by molar-refractivity contribution is -0.167. The van der Waals surface area contributed by atoms with Crippen LogP contribution in [0.3, 0.4) is 0 Å². The van der Waals surface area contributed by atoms with Gasteiger partial charge >= 0.3 is 17.9 Å². The molecule has 1 unspecified atom stereocenters. The van der Waals surface area contributed by atoms with E-state index in [9.17, 15) is 14.4 Å². The summed E-state index contributed by atoms with van der Waals surface area (Å²) in [5.74, 6) is -1.76. The van der Waals surface area contributed by atoms with Gasteiger partial charge in [0, 0.05) is 22.2 Å². The second-order valence-corrected chi connectivity index (χ2v) is 9.17. The molecule has 6 nitrogen and oxygen atoms in total. The van der Waals surface area contributed by atoms with E-state index in [0.717, 1.165) is 11.1 Å². The predicted octanol–water partition coefficient (Wildman–Crippen LogP) is 6.15. The van der Waals surface area contributed by atoms with Gasteiger partial charge in [-0.3, -0.25) is 4.79 Å². The number of rotatable bonds is 11. The minimum atomic E-state index is -0.984. The highest BCUT2D eigenvalue weighted by Gasteiger charge is 2.28. The Labute approximate surface area is 215 Å². The lowest BCUT2D eigenvalue weighted by Crippen LogP contribution is -2.33. The molecule has 0 heterocycles. The third-order valence-electron chi connectivity index (χ3n) is 5.09. The van der Waals surface area contributed by atoms with E-state index >= 15 is 0 Å². The van der Waals surface area contributed by atoms with Crippen LogP contribution in [0.4, 0.5) is 0 Å². The molecule has 8 heteroatoms. The summed E-state index contributed by atoms with van der Waals surface area (Å²) in [6.07, 6.45) is 5.19. The van der Waals surface area contributed by atoms with Crippen molar-refractivity contribution in [2.45, 2.75) is 33.3 Å². The second kappa shape index (κ2) is 13.7. The minimum Gasteiger partial charge on any atom is -0.461 e. The molecule has 0 bridgehead atoms. The quantitative estimate of drug-likeness (QED) is 0.201. The van der Waals surface area contributed by atoms with Crippen LogP contribution in [0.15, 0.2) is 60.7 Å². The van der Waals surface area contributed by atoms with E-state index in [4.69, 9.17) is 37.4 Å². The van der Waals surface area contributed by atoms with Crippen LogP contribution in [0.1, 0.15) is 38.3 Å². The Morgan fingerprint density at radius 1 is 0.800 bits per heavy atom. The van der Waals surface area contributed by atoms with Gasteiger partial charge in [0.1, 0.15) is 13.2 Å². The largest absolute Gasteiger partial charge is 0.461 e. The highest BCUT2D eigenvalue weighted by molar-refractivity contribution is 6.30. The molecule has 0 spiro atoms. The zero-order valence-electron chi connectivity index (χ0n) is 19.8. The van der Waals surface area contributed by atoms with Gasteiger partial charge in [-0.05, 0) is 67.8 Å². The van der Waals surface area contributed by atoms with Gasteiger partial charge in [-0.25, -0.2) is 9.59 Å². The second-order valence-electron chi connectivity index (χ2n) is 8.29. The van der Waals surface area contributed by atoms with Crippen molar-refractivity contribution >= 4 is 53.3 Å². The van der Waals surface area contributed by atoms with Gasteiger partial charge in [-0.1, -0.05) is 54.4 Å². The van der Waals surface area contributed by atoms with E-state index in [1.54, 1.807) is 74.5 Å². The van der Waals surface area contributed by atoms with E-state index in [-0.39, 0.29) is 13.2 Å². The van der Waals surface area contributed by atoms with Gasteiger partial charge in [0.15, 0.2) is 6.10 Å². The molecular weight excluding hydrogens is 491 g/mol. The summed E-state index contributed by atoms with van der Waals surface area (Å²) in [5.41, 5.74) is 0.816. The van der Waals surface area contributed by atoms with Crippen molar-refractivity contribution < 1.29 is 28.6 Å². The average molecular weight is 519 g/mol. The van der Waals surface area contributed by atoms with Crippen molar-refractivity contribution in [2.75, 3.05) is 13.2 Å². The Balaban J connectivity index is 1.99. The van der Waals surface area contributed by atoms with Gasteiger partial charge in [-0.2, -0.15) is 0 Å². The first-order valence-corrected chi connectivity index (χ1v) is 11.8. The first-order chi connectivity index (χ1) is 16.6. The fraction of sp³-hybridized carbons (Fsp3) is 0.296. The first-order valence-electron chi connectivity index (χ1n) is 11.0. The number of hydrogen-bond acceptors (Lipinski definition) is 6. The van der Waals surface area contributed by atoms with Crippen molar-refractivity contribution in [3.8, 4) is 0 Å². The van der Waals surface area contributed by atoms with Crippen LogP contribution in [0, 0.1) is 5.41 Å². The summed E-state index contributed by atoms with van der Waals surface area (Å²) in [4.78, 5) is 36.8. The molecule has 2 aromatic rings. The standard InChI is InChI=1S/C27H28Cl2O6/c1-4-27(2,3)26(32)34-18-23(35-25(31)16-10-20-7-13-22(29)14-8-20)17-33-24(30)15-9-19-5-11-21(28)12-6-19/h5-16,23H,4,17-18H2,1-3H3/b15-9+,16-10+. The summed E-state index contributed by atoms with van der Waals surface area (Å²) < 4.78 is 15.9. The van der Waals surface area contributed by atoms with Crippen molar-refractivity contribution in [1.29, 1.82) is 0 Å². The SMILES string of the molecule is CCC(C)(C)C(=O)OCC(COC(=O)/C=C/c1ccc(Cl)cc1)OC(=O)/C=C/c1ccc(Cl)cc1. The number of halogens is 2. The Hall–Kier alpha value is -3.09. The van der Waals surface area contributed by atoms with E-state index in [0.29, 0.717) is 16.5 Å². The average Bonchev–Trinajstić information content (AvgIpc) is 2.84. The van der Waals surface area contributed by atoms with Crippen LogP contribution in [-0.4, -0.2) is 37.2 Å². The minimum absolute atomic E-state index is 0.253. The highest BCUT2D eigenvalue weighted by Crippen LogP contribution is 2.21. The molecule has 0 amide bonds. The maximum Gasteiger partial charge on any atom is 0.331 e. The summed E-state index contributed by atoms with van der Waals surface area (Å²) in [5, 5.41) is 1.16. The molecule has 0 aliphatic carbocycles. The number of carbonyl (C=O) groups excluding carboxylic acids is 3. The lowest BCUT2D eigenvalue weighted by atomic mass is 9.91. The van der Waals surface area contributed by atoms with Crippen molar-refractivity contribution in [3.63, 3.8) is 0 Å². The Morgan fingerprint density at radius 3 is 1.74 bits per heavy atom. The summed E-state index contributed by atoms with van der Waals surface area (Å²) in [7, 11) is 0. The van der Waals surface area contributed by atoms with E-state index < -0.39 is 29.4 Å². The highest BCUT2D eigenvalue weighted by atomic mass is 35.5. The summed E-state index contributed by atoms with van der Waals surface area (Å²) in [6.45, 7) is 4.84. The van der Waals surface area contributed by atoms with Crippen LogP contribution in [0.25, 0.3) is 12.2 Å². The van der Waals surface area contributed by atoms with Crippen LogP contribution in [-0.2, 0) is 28.6 Å². The molecule has 0 aliphatic heterocycles. The van der Waals surface area contributed by atoms with Gasteiger partial charge in [-0.15, -0.1) is 0 Å². The van der Waals surface area contributed by atoms with Gasteiger partial charge in [0.2, 0.25) is 0 Å². The van der Waals surface area contributed by atoms with Gasteiger partial charge < -0.3 is 14.2 Å². The molecule has 1 atom stereocenters. The predicted molar refractivity (Wildman–Crippen MR) is 137 cm³/mol. The van der Waals surface area contributed by atoms with Crippen molar-refractivity contribution in [2.24, 2.45) is 5.41 Å². The maximum atomic E-state index is 12.3. The Morgan fingerprint density at radius 2 is 1.26 bits per heavy atom. The van der Waals surface area contributed by atoms with Crippen LogP contribution in [0.2, 0.25) is 10.0 Å². The first kappa shape index (κ1) is 28.1. The fourth-order valence-electron chi connectivity index (χ4n) is 2.53. The summed E-state index contributed by atoms with van der Waals surface area (Å²) in [6, 6.07) is 13.8. The van der Waals surface area contributed by atoms with E-state index in [1.807, 2.05) is 6.92 Å². The number of hydrogen-bond donors (Lipinski definition) is 0. The number of carbonyl (C=O) groups is 3. The van der Waals surface area contributed by atoms with E-state index in [1.165, 1.54) is 12.2 Å². The molecule has 2 rings (SSSR count). The monoisotopic (exact) mass is 518 g/mol. The Bertz CT molecular complexity index is 1060. The molecule has 0 saturated heterocycles. The molecule has 0 aliphatic rings. The zero-order chi connectivity index (χ0) is 25.8. The maximum absolute atomic E-state index is 12.3. The molecule has 0 N–H and O–H groups in total. The lowest BCUT2D eigenvalue weighted by Gasteiger charge is -2.23. The third kappa shape index (κ3) is 10.4. The number of benzene rings is 2. The molecule has 0 saturated carbocycles. The molecule has 0 fully saturated rings. The smallest absolute Gasteiger partial charge is 0.331 e. The molecule has 0 radical (unpaired) electrons. The van der Waals surface area contributed by atoms with Gasteiger partial charge in [0.25, 0.3) is 0 Å². The molecular formula is C27H28Cl2O6. The number of esters is 3. The van der Waals surface area contributed by atoms with E-state index in [2.05, 4.69) is 0 Å². The van der Waals surface area contributed by atoms with Crippen molar-refractivity contribution in [3.05, 3.63) is 81.9 Å². The Kier molecular flexibility index (Phi) is 11.0. The fourth-order valence-corrected chi connectivity index (χ4v) is 2.78. The molecule has 0 aromatic heterocycles. The normalized spacial score (nSPS) is 12.5. The molecule has 2 aromatic carbocycles. The molecule has 35 heavy (non-hydrogen) atoms. The zero-order valence-corrected chi connectivity index (χ0v) is 21.3. The molecule has 186 valence electrons. The van der Waals surface area contributed by atoms with Gasteiger partial charge in [0.05, 0.1) is 5.41 Å².